The summed E-state index contributed by atoms with van der Waals surface area (Å²) in [6.07, 6.45) is 0. The maximum Gasteiger partial charge on any atom is 0 e. The molecule has 0 amide bonds. The Hall–Kier alpha value is -0.270. The predicted molar refractivity (Wildman–Crippen MR) is 93.4 cm³/mol. The van der Waals surface area contributed by atoms with E-state index in [0.29, 0.717) is 0 Å². The fourth-order valence-electron chi connectivity index (χ4n) is 1.65. The van der Waals surface area contributed by atoms with Gasteiger partial charge in [0.25, 0.3) is 0 Å². The van der Waals surface area contributed by atoms with Gasteiger partial charge in [-0.05, 0) is 0 Å². The molecule has 3 rings (SSSR count). The first-order chi connectivity index (χ1) is 9.27. The third-order valence-electron chi connectivity index (χ3n) is 2.37. The normalized spacial score (nSPS) is 7.95. The molecular formula is C17H17Cl2SiZr-3. The molecule has 0 N–H and O–H groups in total. The van der Waals surface area contributed by atoms with E-state index in [4.69, 9.17) is 17.0 Å². The summed E-state index contributed by atoms with van der Waals surface area (Å²) in [5.74, 6) is 0. The molecule has 3 aromatic carbocycles. The van der Waals surface area contributed by atoms with Crippen molar-refractivity contribution in [2.24, 2.45) is 0 Å². The fourth-order valence-corrected chi connectivity index (χ4v) is 1.65. The minimum Gasteiger partial charge on any atom is -0.184 e. The number of aryl methyl sites for hydroxylation is 1. The van der Waals surface area contributed by atoms with E-state index in [0.717, 1.165) is 0 Å². The van der Waals surface area contributed by atoms with Gasteiger partial charge in [0.1, 0.15) is 0 Å². The van der Waals surface area contributed by atoms with Crippen LogP contribution in [0.3, 0.4) is 0 Å². The first-order valence-electron chi connectivity index (χ1n) is 5.77. The zero-order chi connectivity index (χ0) is 13.9. The summed E-state index contributed by atoms with van der Waals surface area (Å²) < 4.78 is 0. The van der Waals surface area contributed by atoms with Crippen molar-refractivity contribution in [1.82, 2.24) is 0 Å². The molecule has 0 atom stereocenters. The van der Waals surface area contributed by atoms with Gasteiger partial charge in [-0.15, -0.1) is 40.6 Å². The second kappa shape index (κ2) is 14.7. The van der Waals surface area contributed by atoms with Gasteiger partial charge < -0.3 is 7.43 Å². The van der Waals surface area contributed by atoms with E-state index >= 15 is 0 Å². The van der Waals surface area contributed by atoms with Crippen molar-refractivity contribution in [3.63, 3.8) is 0 Å². The van der Waals surface area contributed by atoms with E-state index in [1.54, 1.807) is 0 Å². The molecule has 0 fully saturated rings. The molecule has 0 aliphatic heterocycles. The molecule has 0 saturated carbocycles. The van der Waals surface area contributed by atoms with E-state index in [1.165, 1.54) is 16.3 Å². The molecule has 0 nitrogen and oxygen atoms in total. The van der Waals surface area contributed by atoms with Crippen molar-refractivity contribution in [3.8, 4) is 0 Å². The molecule has 4 heteroatoms. The number of halogens is 2. The molecule has 0 heterocycles. The number of hydrogen-bond acceptors (Lipinski definition) is 0. The summed E-state index contributed by atoms with van der Waals surface area (Å²) in [4.78, 5) is 0. The minimum atomic E-state index is -0.826. The van der Waals surface area contributed by atoms with Crippen molar-refractivity contribution < 1.29 is 20.8 Å². The van der Waals surface area contributed by atoms with Crippen LogP contribution in [0.25, 0.3) is 10.8 Å². The number of benzene rings is 2. The van der Waals surface area contributed by atoms with Gasteiger partial charge in [0.05, 0.1) is 0 Å². The van der Waals surface area contributed by atoms with Crippen LogP contribution < -0.4 is 0 Å². The van der Waals surface area contributed by atoms with Gasteiger partial charge in [0.15, 0.2) is 0 Å². The van der Waals surface area contributed by atoms with E-state index in [1.807, 2.05) is 30.3 Å². The van der Waals surface area contributed by atoms with Gasteiger partial charge in [0.2, 0.25) is 0 Å². The van der Waals surface area contributed by atoms with Crippen molar-refractivity contribution in [1.29, 1.82) is 0 Å². The van der Waals surface area contributed by atoms with E-state index in [2.05, 4.69) is 49.4 Å². The van der Waals surface area contributed by atoms with Crippen molar-refractivity contribution in [2.75, 3.05) is 0 Å². The summed E-state index contributed by atoms with van der Waals surface area (Å²) in [6.45, 7) is 2.12. The third-order valence-corrected chi connectivity index (χ3v) is 2.37. The molecular weight excluding hydrogens is 394 g/mol. The number of fused-ring (bicyclic) bond motifs is 1. The fraction of sp³-hybridized carbons (Fsp3) is 0.0588. The summed E-state index contributed by atoms with van der Waals surface area (Å²) in [5.41, 5.74) is 1.35. The molecule has 4 radical (unpaired) electrons. The maximum atomic E-state index is 4.93. The van der Waals surface area contributed by atoms with Crippen LogP contribution >= 0.6 is 17.0 Å². The first kappa shape index (κ1) is 23.0. The maximum absolute atomic E-state index is 4.93. The van der Waals surface area contributed by atoms with Crippen LogP contribution in [0.2, 0.25) is 0 Å². The summed E-state index contributed by atoms with van der Waals surface area (Å²) >= 11 is -0.826. The molecule has 110 valence electrons. The second-order valence-electron chi connectivity index (χ2n) is 3.81. The molecule has 0 spiro atoms. The molecule has 0 bridgehead atoms. The summed E-state index contributed by atoms with van der Waals surface area (Å²) in [6, 6.07) is 25.3. The molecule has 21 heavy (non-hydrogen) atoms. The van der Waals surface area contributed by atoms with Gasteiger partial charge in [-0.2, -0.15) is 42.5 Å². The average Bonchev–Trinajstić information content (AvgIpc) is 2.82. The Labute approximate surface area is 151 Å². The smallest absolute Gasteiger partial charge is 0 e. The summed E-state index contributed by atoms with van der Waals surface area (Å²) in [5, 5.41) is 2.69. The van der Waals surface area contributed by atoms with Crippen molar-refractivity contribution in [3.05, 3.63) is 85.8 Å². The first-order valence-corrected chi connectivity index (χ1v) is 12.1. The molecule has 0 aromatic heterocycles. The van der Waals surface area contributed by atoms with Crippen molar-refractivity contribution >= 4 is 38.8 Å². The molecule has 0 aliphatic rings. The van der Waals surface area contributed by atoms with E-state index in [-0.39, 0.29) is 18.4 Å². The SMILES string of the molecule is Cc1cc2ccccc2[cH-]1.[CH3-].[Cl][Zr][Cl].[Si].[c-]1ccccc1. The Morgan fingerprint density at radius 3 is 2.00 bits per heavy atom. The predicted octanol–water partition coefficient (Wildman–Crippen LogP) is 5.80. The van der Waals surface area contributed by atoms with Crippen LogP contribution in [0.5, 0.6) is 0 Å². The van der Waals surface area contributed by atoms with E-state index < -0.39 is 20.8 Å². The minimum absolute atomic E-state index is 0. The Morgan fingerprint density at radius 1 is 1.00 bits per heavy atom. The van der Waals surface area contributed by atoms with Crippen LogP contribution in [0.1, 0.15) is 5.56 Å². The number of rotatable bonds is 0. The Kier molecular flexibility index (Phi) is 16.1. The van der Waals surface area contributed by atoms with Crippen LogP contribution in [0.4, 0.5) is 0 Å². The molecule has 0 aliphatic carbocycles. The molecule has 0 saturated heterocycles. The van der Waals surface area contributed by atoms with Crippen LogP contribution in [0, 0.1) is 20.4 Å². The van der Waals surface area contributed by atoms with Crippen LogP contribution in [-0.4, -0.2) is 11.0 Å². The van der Waals surface area contributed by atoms with Gasteiger partial charge in [-0.25, -0.2) is 0 Å². The Morgan fingerprint density at radius 2 is 1.57 bits per heavy atom. The Bertz CT molecular complexity index is 507. The van der Waals surface area contributed by atoms with Gasteiger partial charge in [-0.1, -0.05) is 13.0 Å². The second-order valence-corrected chi connectivity index (χ2v) is 7.54. The third kappa shape index (κ3) is 10.1. The number of hydrogen-bond donors (Lipinski definition) is 0. The monoisotopic (exact) mass is 409 g/mol. The quantitative estimate of drug-likeness (QED) is 0.324. The largest absolute Gasteiger partial charge is 0.184 e. The van der Waals surface area contributed by atoms with Crippen molar-refractivity contribution in [2.45, 2.75) is 6.92 Å². The molecule has 3 aromatic rings. The van der Waals surface area contributed by atoms with Gasteiger partial charge >= 0.3 is 37.9 Å². The van der Waals surface area contributed by atoms with Crippen LogP contribution in [0.15, 0.2) is 66.7 Å². The Balaban J connectivity index is 0. The summed E-state index contributed by atoms with van der Waals surface area (Å²) in [7, 11) is 9.87. The van der Waals surface area contributed by atoms with E-state index in [9.17, 15) is 0 Å². The standard InChI is InChI=1S/C10H9.C6H5.CH3.2ClH.Si.Zr/c1-8-6-9-4-2-3-5-10(9)7-8;1-2-4-6-5-3-1;;;;;/h2-7H,1H3;1-5H;1H3;2*1H;;/q3*-1;;;;+2/p-2. The van der Waals surface area contributed by atoms with Gasteiger partial charge in [-0.3, -0.25) is 0 Å². The topological polar surface area (TPSA) is 0 Å². The molecule has 0 unspecified atom stereocenters. The zero-order valence-electron chi connectivity index (χ0n) is 12.1. The van der Waals surface area contributed by atoms with Crippen LogP contribution in [-0.2, 0) is 20.8 Å². The van der Waals surface area contributed by atoms with Gasteiger partial charge in [0, 0.05) is 11.0 Å². The zero-order valence-corrected chi connectivity index (χ0v) is 17.1. The average molecular weight is 412 g/mol.